The van der Waals surface area contributed by atoms with Crippen LogP contribution in [0.1, 0.15) is 10.6 Å². The van der Waals surface area contributed by atoms with E-state index in [9.17, 15) is 14.9 Å². The van der Waals surface area contributed by atoms with E-state index >= 15 is 0 Å². The fourth-order valence-corrected chi connectivity index (χ4v) is 0.558. The first-order valence-corrected chi connectivity index (χ1v) is 2.65. The molecule has 1 aromatic heterocycles. The Kier molecular flexibility index (Phi) is 1.72. The third-order valence-corrected chi connectivity index (χ3v) is 1.01. The number of hydrogen-bond donors (Lipinski definition) is 0. The lowest BCUT2D eigenvalue weighted by molar-refractivity contribution is -0.402. The van der Waals surface area contributed by atoms with Crippen LogP contribution in [0.5, 0.6) is 0 Å². The van der Waals surface area contributed by atoms with Crippen molar-refractivity contribution < 1.29 is 14.1 Å². The molecule has 5 heteroatoms. The number of ketones is 1. The Balaban J connectivity index is 2.99. The van der Waals surface area contributed by atoms with E-state index in [0.29, 0.717) is 0 Å². The number of nitrogens with zero attached hydrogens (tertiary/aromatic N) is 1. The van der Waals surface area contributed by atoms with Crippen molar-refractivity contribution in [1.29, 1.82) is 0 Å². The van der Waals surface area contributed by atoms with Crippen LogP contribution in [0.4, 0.5) is 5.88 Å². The SMILES string of the molecule is [CH]C(=O)c1ccc([N+](=O)[O-])o1. The zero-order valence-corrected chi connectivity index (χ0v) is 5.31. The molecular formula is C6H3NO4. The summed E-state index contributed by atoms with van der Waals surface area (Å²) in [5.41, 5.74) is 0. The highest BCUT2D eigenvalue weighted by atomic mass is 16.6. The van der Waals surface area contributed by atoms with Crippen LogP contribution >= 0.6 is 0 Å². The van der Waals surface area contributed by atoms with E-state index in [0.717, 1.165) is 12.1 Å². The van der Waals surface area contributed by atoms with Crippen molar-refractivity contribution in [2.24, 2.45) is 0 Å². The molecule has 0 aliphatic heterocycles. The molecule has 0 bridgehead atoms. The highest BCUT2D eigenvalue weighted by molar-refractivity contribution is 5.96. The third-order valence-electron chi connectivity index (χ3n) is 1.01. The summed E-state index contributed by atoms with van der Waals surface area (Å²) in [6, 6.07) is 2.22. The third kappa shape index (κ3) is 1.43. The summed E-state index contributed by atoms with van der Waals surface area (Å²) in [5, 5.41) is 10.00. The zero-order valence-electron chi connectivity index (χ0n) is 5.31. The molecule has 0 spiro atoms. The van der Waals surface area contributed by atoms with Crippen LogP contribution in [0.15, 0.2) is 16.5 Å². The molecule has 1 rings (SSSR count). The molecule has 11 heavy (non-hydrogen) atoms. The van der Waals surface area contributed by atoms with Gasteiger partial charge in [0.1, 0.15) is 4.92 Å². The normalized spacial score (nSPS) is 9.55. The van der Waals surface area contributed by atoms with Crippen molar-refractivity contribution >= 4 is 11.7 Å². The molecule has 2 radical (unpaired) electrons. The Labute approximate surface area is 61.8 Å². The summed E-state index contributed by atoms with van der Waals surface area (Å²) >= 11 is 0. The lowest BCUT2D eigenvalue weighted by Crippen LogP contribution is -1.88. The minimum Gasteiger partial charge on any atom is -0.397 e. The maximum absolute atomic E-state index is 10.3. The first-order valence-electron chi connectivity index (χ1n) is 2.65. The summed E-state index contributed by atoms with van der Waals surface area (Å²) in [6.45, 7) is 4.77. The van der Waals surface area contributed by atoms with Gasteiger partial charge in [0.2, 0.25) is 5.78 Å². The average molecular weight is 153 g/mol. The first-order chi connectivity index (χ1) is 5.11. The van der Waals surface area contributed by atoms with Crippen LogP contribution in [-0.2, 0) is 0 Å². The molecule has 56 valence electrons. The second kappa shape index (κ2) is 2.53. The number of rotatable bonds is 2. The second-order valence-corrected chi connectivity index (χ2v) is 1.76. The first kappa shape index (κ1) is 7.46. The van der Waals surface area contributed by atoms with Gasteiger partial charge in [-0.2, -0.15) is 0 Å². The second-order valence-electron chi connectivity index (χ2n) is 1.76. The standard InChI is InChI=1S/C6H3NO4/c1-4(8)5-2-3-6(11-5)7(9)10/h1-3H. The van der Waals surface area contributed by atoms with Gasteiger partial charge in [-0.15, -0.1) is 0 Å². The average Bonchev–Trinajstić information content (AvgIpc) is 2.33. The van der Waals surface area contributed by atoms with E-state index in [1.807, 2.05) is 0 Å². The molecule has 0 aromatic carbocycles. The minimum absolute atomic E-state index is 0.211. The summed E-state index contributed by atoms with van der Waals surface area (Å²) < 4.78 is 4.43. The maximum atomic E-state index is 10.3. The van der Waals surface area contributed by atoms with Crippen molar-refractivity contribution in [3.8, 4) is 0 Å². The Morgan fingerprint density at radius 2 is 2.27 bits per heavy atom. The Morgan fingerprint density at radius 3 is 2.55 bits per heavy atom. The molecule has 0 aliphatic rings. The van der Waals surface area contributed by atoms with Gasteiger partial charge in [-0.1, -0.05) is 0 Å². The number of nitro groups is 1. The molecule has 1 heterocycles. The quantitative estimate of drug-likeness (QED) is 0.362. The van der Waals surface area contributed by atoms with Crippen LogP contribution < -0.4 is 0 Å². The highest BCUT2D eigenvalue weighted by Gasteiger charge is 2.13. The van der Waals surface area contributed by atoms with E-state index in [1.165, 1.54) is 0 Å². The molecule has 0 N–H and O–H groups in total. The molecule has 0 fully saturated rings. The summed E-state index contributed by atoms with van der Waals surface area (Å²) in [5.74, 6) is -1.52. The lowest BCUT2D eigenvalue weighted by atomic mass is 10.3. The molecular weight excluding hydrogens is 150 g/mol. The number of furan rings is 1. The monoisotopic (exact) mass is 153 g/mol. The molecule has 0 unspecified atom stereocenters. The number of Topliss-reactive ketones (excluding diaryl/α,β-unsaturated/α-hetero) is 1. The smallest absolute Gasteiger partial charge is 0.397 e. The van der Waals surface area contributed by atoms with Gasteiger partial charge in [-0.25, -0.2) is 0 Å². The molecule has 0 saturated heterocycles. The van der Waals surface area contributed by atoms with Gasteiger partial charge in [0, 0.05) is 6.92 Å². The molecule has 5 nitrogen and oxygen atoms in total. The van der Waals surface area contributed by atoms with Gasteiger partial charge in [-0.3, -0.25) is 14.9 Å². The van der Waals surface area contributed by atoms with Crippen molar-refractivity contribution in [2.75, 3.05) is 0 Å². The highest BCUT2D eigenvalue weighted by Crippen LogP contribution is 2.15. The fraction of sp³-hybridized carbons (Fsp3) is 0. The van der Waals surface area contributed by atoms with E-state index < -0.39 is 16.6 Å². The zero-order chi connectivity index (χ0) is 8.43. The largest absolute Gasteiger partial charge is 0.433 e. The van der Waals surface area contributed by atoms with Crippen LogP contribution in [0.3, 0.4) is 0 Å². The minimum atomic E-state index is -0.821. The summed E-state index contributed by atoms with van der Waals surface area (Å²) in [7, 11) is 0. The van der Waals surface area contributed by atoms with E-state index in [-0.39, 0.29) is 5.76 Å². The van der Waals surface area contributed by atoms with Gasteiger partial charge >= 0.3 is 5.88 Å². The molecule has 0 aliphatic carbocycles. The molecule has 0 saturated carbocycles. The van der Waals surface area contributed by atoms with Gasteiger partial charge in [0.05, 0.1) is 6.07 Å². The number of hydrogen-bond acceptors (Lipinski definition) is 4. The predicted octanol–water partition coefficient (Wildman–Crippen LogP) is 1.08. The summed E-state index contributed by atoms with van der Waals surface area (Å²) in [6.07, 6.45) is 0. The van der Waals surface area contributed by atoms with E-state index in [1.54, 1.807) is 0 Å². The number of carbonyl (C=O) groups excluding carboxylic acids is 1. The molecule has 0 amide bonds. The van der Waals surface area contributed by atoms with Crippen molar-refractivity contribution in [1.82, 2.24) is 0 Å². The molecule has 0 atom stereocenters. The topological polar surface area (TPSA) is 73.3 Å². The van der Waals surface area contributed by atoms with Crippen LogP contribution in [0, 0.1) is 17.0 Å². The Morgan fingerprint density at radius 1 is 1.64 bits per heavy atom. The Bertz CT molecular complexity index is 273. The Hall–Kier alpha value is -1.65. The summed E-state index contributed by atoms with van der Waals surface area (Å²) in [4.78, 5) is 19.6. The van der Waals surface area contributed by atoms with Crippen molar-refractivity contribution in [3.05, 3.63) is 34.9 Å². The lowest BCUT2D eigenvalue weighted by Gasteiger charge is -1.82. The molecule has 1 aromatic rings. The van der Waals surface area contributed by atoms with Crippen molar-refractivity contribution in [2.45, 2.75) is 0 Å². The maximum Gasteiger partial charge on any atom is 0.433 e. The fourth-order valence-electron chi connectivity index (χ4n) is 0.558. The van der Waals surface area contributed by atoms with E-state index in [4.69, 9.17) is 6.92 Å². The van der Waals surface area contributed by atoms with Crippen LogP contribution in [0.2, 0.25) is 0 Å². The van der Waals surface area contributed by atoms with Gasteiger partial charge < -0.3 is 4.42 Å². The van der Waals surface area contributed by atoms with Crippen LogP contribution in [0.25, 0.3) is 0 Å². The van der Waals surface area contributed by atoms with E-state index in [2.05, 4.69) is 4.42 Å². The predicted molar refractivity (Wildman–Crippen MR) is 34.0 cm³/mol. The van der Waals surface area contributed by atoms with Crippen LogP contribution in [-0.4, -0.2) is 10.7 Å². The van der Waals surface area contributed by atoms with Gasteiger partial charge in [0.25, 0.3) is 0 Å². The van der Waals surface area contributed by atoms with Gasteiger partial charge in [0.15, 0.2) is 5.76 Å². The van der Waals surface area contributed by atoms with Gasteiger partial charge in [-0.05, 0) is 6.07 Å². The number of carbonyl (C=O) groups is 1. The van der Waals surface area contributed by atoms with Crippen molar-refractivity contribution in [3.63, 3.8) is 0 Å².